The Kier molecular flexibility index (Phi) is 6.40. The van der Waals surface area contributed by atoms with E-state index in [1.54, 1.807) is 31.4 Å². The number of hydrogen-bond donors (Lipinski definition) is 1. The Morgan fingerprint density at radius 2 is 1.92 bits per heavy atom. The summed E-state index contributed by atoms with van der Waals surface area (Å²) < 4.78 is 11.2. The van der Waals surface area contributed by atoms with E-state index in [9.17, 15) is 10.1 Å². The monoisotopic (exact) mass is 350 g/mol. The summed E-state index contributed by atoms with van der Waals surface area (Å²) in [6.07, 6.45) is 1.43. The molecule has 1 amide bonds. The zero-order valence-electron chi connectivity index (χ0n) is 15.4. The summed E-state index contributed by atoms with van der Waals surface area (Å²) in [5.74, 6) is 0.575. The first-order valence-corrected chi connectivity index (χ1v) is 8.28. The van der Waals surface area contributed by atoms with Crippen LogP contribution in [0.25, 0.3) is 6.08 Å². The molecule has 5 heteroatoms. The molecule has 2 rings (SSSR count). The highest BCUT2D eigenvalue weighted by Gasteiger charge is 2.15. The smallest absolute Gasteiger partial charge is 0.266 e. The zero-order chi connectivity index (χ0) is 19.1. The van der Waals surface area contributed by atoms with Crippen LogP contribution in [0.5, 0.6) is 11.5 Å². The molecule has 0 aliphatic heterocycles. The van der Waals surface area contributed by atoms with Crippen LogP contribution in [-0.4, -0.2) is 19.1 Å². The predicted octanol–water partition coefficient (Wildman–Crippen LogP) is 4.34. The number of para-hydroxylation sites is 2. The van der Waals surface area contributed by atoms with E-state index in [0.717, 1.165) is 5.56 Å². The summed E-state index contributed by atoms with van der Waals surface area (Å²) in [6, 6.07) is 14.7. The molecular weight excluding hydrogens is 328 g/mol. The fraction of sp³-hybridized carbons (Fsp3) is 0.238. The number of anilines is 1. The molecule has 0 spiro atoms. The van der Waals surface area contributed by atoms with Gasteiger partial charge in [0.1, 0.15) is 11.6 Å². The molecule has 0 aliphatic carbocycles. The third-order valence-electron chi connectivity index (χ3n) is 3.64. The maximum absolute atomic E-state index is 12.5. The Labute approximate surface area is 153 Å². The maximum atomic E-state index is 12.5. The molecular formula is C21H22N2O3. The lowest BCUT2D eigenvalue weighted by atomic mass is 10.1. The molecule has 2 aromatic carbocycles. The molecule has 5 nitrogen and oxygen atoms in total. The molecule has 26 heavy (non-hydrogen) atoms. The minimum atomic E-state index is -0.472. The van der Waals surface area contributed by atoms with Crippen molar-refractivity contribution in [3.8, 4) is 17.6 Å². The van der Waals surface area contributed by atoms with Gasteiger partial charge in [-0.1, -0.05) is 30.3 Å². The lowest BCUT2D eigenvalue weighted by Gasteiger charge is -2.16. The number of amides is 1. The first kappa shape index (κ1) is 19.1. The number of nitriles is 1. The van der Waals surface area contributed by atoms with E-state index in [2.05, 4.69) is 5.32 Å². The van der Waals surface area contributed by atoms with E-state index < -0.39 is 5.91 Å². The largest absolute Gasteiger partial charge is 0.493 e. The summed E-state index contributed by atoms with van der Waals surface area (Å²) in [4.78, 5) is 12.5. The average Bonchev–Trinajstić information content (AvgIpc) is 2.62. The summed E-state index contributed by atoms with van der Waals surface area (Å²) in [5, 5.41) is 12.2. The number of aryl methyl sites for hydroxylation is 1. The number of hydrogen-bond acceptors (Lipinski definition) is 4. The van der Waals surface area contributed by atoms with Crippen molar-refractivity contribution < 1.29 is 14.3 Å². The van der Waals surface area contributed by atoms with E-state index in [4.69, 9.17) is 9.47 Å². The van der Waals surface area contributed by atoms with Gasteiger partial charge in [0.2, 0.25) is 0 Å². The lowest BCUT2D eigenvalue weighted by Crippen LogP contribution is -2.14. The molecule has 0 radical (unpaired) electrons. The summed E-state index contributed by atoms with van der Waals surface area (Å²) in [7, 11) is 1.55. The molecule has 0 aliphatic rings. The second-order valence-electron chi connectivity index (χ2n) is 5.98. The van der Waals surface area contributed by atoms with Crippen molar-refractivity contribution >= 4 is 17.7 Å². The topological polar surface area (TPSA) is 71.3 Å². The number of ether oxygens (including phenoxy) is 2. The van der Waals surface area contributed by atoms with Gasteiger partial charge in [0.25, 0.3) is 5.91 Å². The van der Waals surface area contributed by atoms with Crippen LogP contribution < -0.4 is 14.8 Å². The second kappa shape index (κ2) is 8.72. The third-order valence-corrected chi connectivity index (χ3v) is 3.64. The van der Waals surface area contributed by atoms with E-state index in [-0.39, 0.29) is 11.7 Å². The second-order valence-corrected chi connectivity index (χ2v) is 5.98. The minimum absolute atomic E-state index is 0.0184. The third kappa shape index (κ3) is 4.64. The van der Waals surface area contributed by atoms with Gasteiger partial charge in [-0.05, 0) is 44.5 Å². The van der Waals surface area contributed by atoms with Crippen molar-refractivity contribution in [1.29, 1.82) is 5.26 Å². The van der Waals surface area contributed by atoms with E-state index in [1.165, 1.54) is 6.08 Å². The molecule has 0 fully saturated rings. The van der Waals surface area contributed by atoms with Gasteiger partial charge in [-0.25, -0.2) is 0 Å². The first-order chi connectivity index (χ1) is 12.5. The number of benzene rings is 2. The number of methoxy groups -OCH3 is 1. The number of nitrogens with zero attached hydrogens (tertiary/aromatic N) is 1. The molecule has 0 saturated carbocycles. The first-order valence-electron chi connectivity index (χ1n) is 8.28. The lowest BCUT2D eigenvalue weighted by molar-refractivity contribution is -0.112. The van der Waals surface area contributed by atoms with Gasteiger partial charge < -0.3 is 14.8 Å². The average molecular weight is 350 g/mol. The van der Waals surface area contributed by atoms with E-state index in [0.29, 0.717) is 22.7 Å². The molecule has 0 aromatic heterocycles. The van der Waals surface area contributed by atoms with Crippen molar-refractivity contribution in [3.63, 3.8) is 0 Å². The van der Waals surface area contributed by atoms with E-state index in [1.807, 2.05) is 45.0 Å². The Morgan fingerprint density at radius 3 is 2.54 bits per heavy atom. The van der Waals surface area contributed by atoms with Gasteiger partial charge in [0, 0.05) is 11.3 Å². The Hall–Kier alpha value is -3.26. The number of carbonyl (C=O) groups is 1. The standard InChI is InChI=1S/C21H22N2O3/c1-14(2)26-20-16(9-7-11-19(20)25-4)12-17(13-22)21(24)23-18-10-6-5-8-15(18)3/h5-12,14H,1-4H3,(H,23,24)/b17-12-. The summed E-state index contributed by atoms with van der Waals surface area (Å²) >= 11 is 0. The highest BCUT2D eigenvalue weighted by atomic mass is 16.5. The van der Waals surface area contributed by atoms with Crippen LogP contribution in [0.4, 0.5) is 5.69 Å². The molecule has 0 atom stereocenters. The number of carbonyl (C=O) groups excluding carboxylic acids is 1. The normalized spacial score (nSPS) is 11.0. The highest BCUT2D eigenvalue weighted by Crippen LogP contribution is 2.33. The Balaban J connectivity index is 2.38. The van der Waals surface area contributed by atoms with Gasteiger partial charge in [-0.2, -0.15) is 5.26 Å². The van der Waals surface area contributed by atoms with Crippen molar-refractivity contribution in [2.45, 2.75) is 26.9 Å². The van der Waals surface area contributed by atoms with Crippen LogP contribution in [-0.2, 0) is 4.79 Å². The van der Waals surface area contributed by atoms with Crippen LogP contribution in [0.2, 0.25) is 0 Å². The van der Waals surface area contributed by atoms with Crippen LogP contribution >= 0.6 is 0 Å². The van der Waals surface area contributed by atoms with Gasteiger partial charge >= 0.3 is 0 Å². The van der Waals surface area contributed by atoms with Crippen LogP contribution in [0.3, 0.4) is 0 Å². The molecule has 0 heterocycles. The molecule has 0 saturated heterocycles. The number of nitrogens with one attached hydrogen (secondary N) is 1. The van der Waals surface area contributed by atoms with Crippen molar-refractivity contribution in [1.82, 2.24) is 0 Å². The summed E-state index contributed by atoms with van der Waals surface area (Å²) in [6.45, 7) is 5.69. The maximum Gasteiger partial charge on any atom is 0.266 e. The minimum Gasteiger partial charge on any atom is -0.493 e. The van der Waals surface area contributed by atoms with Crippen LogP contribution in [0.1, 0.15) is 25.0 Å². The van der Waals surface area contributed by atoms with Crippen molar-refractivity contribution in [3.05, 3.63) is 59.2 Å². The van der Waals surface area contributed by atoms with Crippen LogP contribution in [0, 0.1) is 18.3 Å². The van der Waals surface area contributed by atoms with Gasteiger partial charge in [0.05, 0.1) is 13.2 Å². The highest BCUT2D eigenvalue weighted by molar-refractivity contribution is 6.10. The summed E-state index contributed by atoms with van der Waals surface area (Å²) in [5.41, 5.74) is 2.18. The quantitative estimate of drug-likeness (QED) is 0.621. The van der Waals surface area contributed by atoms with Gasteiger partial charge in [-0.3, -0.25) is 4.79 Å². The predicted molar refractivity (Wildman–Crippen MR) is 102 cm³/mol. The SMILES string of the molecule is COc1cccc(/C=C(/C#N)C(=O)Nc2ccccc2C)c1OC(C)C. The molecule has 2 aromatic rings. The van der Waals surface area contributed by atoms with Crippen molar-refractivity contribution in [2.24, 2.45) is 0 Å². The molecule has 0 unspecified atom stereocenters. The fourth-order valence-corrected chi connectivity index (χ4v) is 2.38. The van der Waals surface area contributed by atoms with E-state index >= 15 is 0 Å². The van der Waals surface area contributed by atoms with Gasteiger partial charge in [-0.15, -0.1) is 0 Å². The van der Waals surface area contributed by atoms with Gasteiger partial charge in [0.15, 0.2) is 11.5 Å². The van der Waals surface area contributed by atoms with Crippen molar-refractivity contribution in [2.75, 3.05) is 12.4 Å². The van der Waals surface area contributed by atoms with Crippen LogP contribution in [0.15, 0.2) is 48.0 Å². The molecule has 1 N–H and O–H groups in total. The number of rotatable bonds is 6. The zero-order valence-corrected chi connectivity index (χ0v) is 15.4. The molecule has 134 valence electrons. The fourth-order valence-electron chi connectivity index (χ4n) is 2.38. The Bertz CT molecular complexity index is 864. The Morgan fingerprint density at radius 1 is 1.19 bits per heavy atom. The molecule has 0 bridgehead atoms.